The first-order valence-corrected chi connectivity index (χ1v) is 8.25. The summed E-state index contributed by atoms with van der Waals surface area (Å²) in [6, 6.07) is 5.87. The average Bonchev–Trinajstić information content (AvgIpc) is 2.50. The molecule has 1 aromatic rings. The second-order valence-corrected chi connectivity index (χ2v) is 6.02. The van der Waals surface area contributed by atoms with Crippen molar-refractivity contribution in [2.45, 2.75) is 46.0 Å². The summed E-state index contributed by atoms with van der Waals surface area (Å²) in [6.45, 7) is 4.69. The first-order valence-electron chi connectivity index (χ1n) is 8.25. The molecule has 0 heterocycles. The number of nitrogens with one attached hydrogen (secondary N) is 1. The number of nitrogens with two attached hydrogens (primary N) is 1. The van der Waals surface area contributed by atoms with Gasteiger partial charge in [-0.05, 0) is 44.4 Å². The number of anilines is 1. The minimum atomic E-state index is -0.165. The van der Waals surface area contributed by atoms with Crippen LogP contribution in [0.15, 0.2) is 18.2 Å². The van der Waals surface area contributed by atoms with Crippen LogP contribution in [0.5, 0.6) is 0 Å². The number of hydrogen-bond donors (Lipinski definition) is 2. The van der Waals surface area contributed by atoms with Crippen LogP contribution in [0, 0.1) is 13.8 Å². The fourth-order valence-corrected chi connectivity index (χ4v) is 2.46. The quantitative estimate of drug-likeness (QED) is 0.668. The number of rotatable bonds is 9. The fourth-order valence-electron chi connectivity index (χ4n) is 2.46. The molecular formula is C18H30ClN3O2. The predicted octanol–water partition coefficient (Wildman–Crippen LogP) is 3.03. The summed E-state index contributed by atoms with van der Waals surface area (Å²) in [5.74, 6) is -0.157. The van der Waals surface area contributed by atoms with Crippen LogP contribution in [-0.2, 0) is 9.59 Å². The third-order valence-corrected chi connectivity index (χ3v) is 3.90. The van der Waals surface area contributed by atoms with E-state index in [2.05, 4.69) is 5.32 Å². The molecule has 6 heteroatoms. The van der Waals surface area contributed by atoms with Crippen LogP contribution < -0.4 is 11.1 Å². The van der Waals surface area contributed by atoms with Gasteiger partial charge in [0.05, 0.1) is 6.54 Å². The van der Waals surface area contributed by atoms with Gasteiger partial charge in [-0.15, -0.1) is 12.4 Å². The summed E-state index contributed by atoms with van der Waals surface area (Å²) in [5, 5.41) is 2.90. The molecule has 0 saturated carbocycles. The van der Waals surface area contributed by atoms with E-state index in [4.69, 9.17) is 5.73 Å². The number of benzene rings is 1. The van der Waals surface area contributed by atoms with E-state index in [1.807, 2.05) is 32.0 Å². The summed E-state index contributed by atoms with van der Waals surface area (Å²) in [7, 11) is 1.67. The SMILES string of the molecule is Cc1cccc(C)c1NC(=O)CN(C)C(=O)CCCCCCN.Cl. The maximum Gasteiger partial charge on any atom is 0.243 e. The van der Waals surface area contributed by atoms with Crippen LogP contribution in [0.3, 0.4) is 0 Å². The lowest BCUT2D eigenvalue weighted by molar-refractivity contribution is -0.133. The normalized spacial score (nSPS) is 10.0. The molecule has 1 rings (SSSR count). The molecule has 0 saturated heterocycles. The number of aryl methyl sites for hydroxylation is 2. The van der Waals surface area contributed by atoms with Crippen molar-refractivity contribution in [2.75, 3.05) is 25.5 Å². The highest BCUT2D eigenvalue weighted by atomic mass is 35.5. The number of amides is 2. The molecule has 0 aromatic heterocycles. The van der Waals surface area contributed by atoms with Gasteiger partial charge in [-0.3, -0.25) is 9.59 Å². The number of carbonyl (C=O) groups is 2. The zero-order valence-electron chi connectivity index (χ0n) is 14.9. The van der Waals surface area contributed by atoms with Crippen LogP contribution in [0.25, 0.3) is 0 Å². The third kappa shape index (κ3) is 7.79. The van der Waals surface area contributed by atoms with Crippen LogP contribution in [0.2, 0.25) is 0 Å². The highest BCUT2D eigenvalue weighted by Gasteiger charge is 2.14. The first-order chi connectivity index (χ1) is 11.0. The number of halogens is 1. The number of unbranched alkanes of at least 4 members (excludes halogenated alkanes) is 3. The molecule has 0 aliphatic rings. The molecule has 0 spiro atoms. The Labute approximate surface area is 151 Å². The monoisotopic (exact) mass is 355 g/mol. The van der Waals surface area contributed by atoms with Gasteiger partial charge in [0.2, 0.25) is 11.8 Å². The molecule has 0 atom stereocenters. The molecular weight excluding hydrogens is 326 g/mol. The molecule has 0 bridgehead atoms. The standard InChI is InChI=1S/C18H29N3O2.ClH/c1-14-9-8-10-15(2)18(14)20-16(22)13-21(3)17(23)11-6-4-5-7-12-19;/h8-10H,4-7,11-13,19H2,1-3H3,(H,20,22);1H. The minimum Gasteiger partial charge on any atom is -0.336 e. The lowest BCUT2D eigenvalue weighted by atomic mass is 10.1. The van der Waals surface area contributed by atoms with Gasteiger partial charge >= 0.3 is 0 Å². The van der Waals surface area contributed by atoms with Gasteiger partial charge in [-0.2, -0.15) is 0 Å². The van der Waals surface area contributed by atoms with E-state index in [9.17, 15) is 9.59 Å². The average molecular weight is 356 g/mol. The van der Waals surface area contributed by atoms with E-state index in [1.165, 1.54) is 4.90 Å². The summed E-state index contributed by atoms with van der Waals surface area (Å²) in [5.41, 5.74) is 8.31. The van der Waals surface area contributed by atoms with Crippen LogP contribution in [0.1, 0.15) is 43.2 Å². The van der Waals surface area contributed by atoms with E-state index < -0.39 is 0 Å². The number of carbonyl (C=O) groups excluding carboxylic acids is 2. The van der Waals surface area contributed by atoms with Gasteiger partial charge in [0, 0.05) is 19.2 Å². The molecule has 136 valence electrons. The van der Waals surface area contributed by atoms with Gasteiger partial charge in [-0.25, -0.2) is 0 Å². The Morgan fingerprint density at radius 3 is 2.25 bits per heavy atom. The second-order valence-electron chi connectivity index (χ2n) is 6.02. The molecule has 5 nitrogen and oxygen atoms in total. The molecule has 1 aromatic carbocycles. The van der Waals surface area contributed by atoms with E-state index in [0.29, 0.717) is 13.0 Å². The molecule has 0 fully saturated rings. The van der Waals surface area contributed by atoms with Crippen molar-refractivity contribution in [3.63, 3.8) is 0 Å². The highest BCUT2D eigenvalue weighted by Crippen LogP contribution is 2.19. The zero-order chi connectivity index (χ0) is 17.2. The van der Waals surface area contributed by atoms with Crippen molar-refractivity contribution in [3.05, 3.63) is 29.3 Å². The number of nitrogens with zero attached hydrogens (tertiary/aromatic N) is 1. The second kappa shape index (κ2) is 11.9. The van der Waals surface area contributed by atoms with Crippen molar-refractivity contribution < 1.29 is 9.59 Å². The molecule has 0 radical (unpaired) electrons. The molecule has 0 aliphatic heterocycles. The van der Waals surface area contributed by atoms with Gasteiger partial charge in [0.15, 0.2) is 0 Å². The fraction of sp³-hybridized carbons (Fsp3) is 0.556. The Hall–Kier alpha value is -1.59. The third-order valence-electron chi connectivity index (χ3n) is 3.90. The molecule has 0 aliphatic carbocycles. The molecule has 0 unspecified atom stereocenters. The molecule has 24 heavy (non-hydrogen) atoms. The van der Waals surface area contributed by atoms with Gasteiger partial charge in [0.1, 0.15) is 0 Å². The minimum absolute atomic E-state index is 0. The van der Waals surface area contributed by atoms with E-state index >= 15 is 0 Å². The largest absolute Gasteiger partial charge is 0.336 e. The maximum atomic E-state index is 12.1. The summed E-state index contributed by atoms with van der Waals surface area (Å²) in [4.78, 5) is 25.6. The van der Waals surface area contributed by atoms with Crippen LogP contribution in [-0.4, -0.2) is 36.9 Å². The number of hydrogen-bond acceptors (Lipinski definition) is 3. The van der Waals surface area contributed by atoms with E-state index in [-0.39, 0.29) is 30.8 Å². The number of likely N-dealkylation sites (N-methyl/N-ethyl adjacent to an activating group) is 1. The van der Waals surface area contributed by atoms with Gasteiger partial charge in [-0.1, -0.05) is 31.0 Å². The van der Waals surface area contributed by atoms with Crippen molar-refractivity contribution in [1.29, 1.82) is 0 Å². The predicted molar refractivity (Wildman–Crippen MR) is 102 cm³/mol. The Morgan fingerprint density at radius 1 is 1.08 bits per heavy atom. The lowest BCUT2D eigenvalue weighted by Crippen LogP contribution is -2.35. The Kier molecular flexibility index (Phi) is 11.1. The Balaban J connectivity index is 0.00000529. The Bertz CT molecular complexity index is 515. The molecule has 2 amide bonds. The Morgan fingerprint density at radius 2 is 1.67 bits per heavy atom. The van der Waals surface area contributed by atoms with Crippen molar-refractivity contribution in [3.8, 4) is 0 Å². The van der Waals surface area contributed by atoms with Gasteiger partial charge in [0.25, 0.3) is 0 Å². The zero-order valence-corrected chi connectivity index (χ0v) is 15.7. The van der Waals surface area contributed by atoms with Crippen molar-refractivity contribution in [2.24, 2.45) is 5.73 Å². The maximum absolute atomic E-state index is 12.1. The molecule has 3 N–H and O–H groups in total. The van der Waals surface area contributed by atoms with E-state index in [0.717, 1.165) is 42.5 Å². The lowest BCUT2D eigenvalue weighted by Gasteiger charge is -2.18. The topological polar surface area (TPSA) is 75.4 Å². The van der Waals surface area contributed by atoms with E-state index in [1.54, 1.807) is 7.05 Å². The van der Waals surface area contributed by atoms with Crippen molar-refractivity contribution >= 4 is 29.9 Å². The van der Waals surface area contributed by atoms with Crippen molar-refractivity contribution in [1.82, 2.24) is 4.90 Å². The summed E-state index contributed by atoms with van der Waals surface area (Å²) >= 11 is 0. The van der Waals surface area contributed by atoms with Crippen LogP contribution >= 0.6 is 12.4 Å². The van der Waals surface area contributed by atoms with Gasteiger partial charge < -0.3 is 16.0 Å². The highest BCUT2D eigenvalue weighted by molar-refractivity contribution is 5.95. The first kappa shape index (κ1) is 22.4. The number of para-hydroxylation sites is 1. The smallest absolute Gasteiger partial charge is 0.243 e. The summed E-state index contributed by atoms with van der Waals surface area (Å²) in [6.07, 6.45) is 4.40. The summed E-state index contributed by atoms with van der Waals surface area (Å²) < 4.78 is 0. The van der Waals surface area contributed by atoms with Crippen LogP contribution in [0.4, 0.5) is 5.69 Å².